The normalized spacial score (nSPS) is 19.1. The summed E-state index contributed by atoms with van der Waals surface area (Å²) in [5.41, 5.74) is 6.26. The molecule has 0 aromatic carbocycles. The number of nitrogens with zero attached hydrogens (tertiary/aromatic N) is 2. The number of halogens is 3. The lowest BCUT2D eigenvalue weighted by atomic mass is 9.91. The van der Waals surface area contributed by atoms with Crippen molar-refractivity contribution >= 4 is 22.8 Å². The van der Waals surface area contributed by atoms with Crippen LogP contribution >= 0.6 is 0 Å². The standard InChI is InChI=1S/C14H12F3N3O3/c1-22-10-5-6(14(15,16)17)4-8(21)11(10)7-2-3-9-12(19-7)20-13(18)23-9/h2-3,5-6,21H,4H2,1H3,(H2,18,19,20). The highest BCUT2D eigenvalue weighted by atomic mass is 19.4. The number of ether oxygens (including phenoxy) is 1. The van der Waals surface area contributed by atoms with Crippen molar-refractivity contribution in [3.05, 3.63) is 35.4 Å². The highest BCUT2D eigenvalue weighted by Crippen LogP contribution is 2.41. The first-order valence-corrected chi connectivity index (χ1v) is 6.58. The Hall–Kier alpha value is -2.71. The number of anilines is 1. The predicted octanol–water partition coefficient (Wildman–Crippen LogP) is 3.19. The van der Waals surface area contributed by atoms with Crippen molar-refractivity contribution in [1.29, 1.82) is 0 Å². The van der Waals surface area contributed by atoms with Crippen LogP contribution < -0.4 is 5.73 Å². The summed E-state index contributed by atoms with van der Waals surface area (Å²) in [6, 6.07) is 2.93. The van der Waals surface area contributed by atoms with Gasteiger partial charge >= 0.3 is 6.18 Å². The Morgan fingerprint density at radius 1 is 1.35 bits per heavy atom. The van der Waals surface area contributed by atoms with Crippen molar-refractivity contribution in [1.82, 2.24) is 9.97 Å². The number of hydrogen-bond donors (Lipinski definition) is 2. The van der Waals surface area contributed by atoms with Crippen molar-refractivity contribution in [3.63, 3.8) is 0 Å². The molecule has 1 unspecified atom stereocenters. The van der Waals surface area contributed by atoms with E-state index in [2.05, 4.69) is 9.97 Å². The van der Waals surface area contributed by atoms with Gasteiger partial charge in [0.1, 0.15) is 11.5 Å². The van der Waals surface area contributed by atoms with E-state index < -0.39 is 24.3 Å². The lowest BCUT2D eigenvalue weighted by molar-refractivity contribution is -0.162. The van der Waals surface area contributed by atoms with Crippen LogP contribution in [-0.4, -0.2) is 28.4 Å². The van der Waals surface area contributed by atoms with Gasteiger partial charge in [-0.2, -0.15) is 18.2 Å². The zero-order valence-corrected chi connectivity index (χ0v) is 11.9. The van der Waals surface area contributed by atoms with Crippen molar-refractivity contribution in [3.8, 4) is 0 Å². The van der Waals surface area contributed by atoms with Crippen LogP contribution in [0.5, 0.6) is 0 Å². The van der Waals surface area contributed by atoms with E-state index in [1.807, 2.05) is 0 Å². The molecule has 0 fully saturated rings. The first kappa shape index (κ1) is 15.2. The van der Waals surface area contributed by atoms with Crippen molar-refractivity contribution in [2.75, 3.05) is 12.8 Å². The molecule has 2 heterocycles. The second kappa shape index (κ2) is 5.18. The molecule has 1 aliphatic carbocycles. The molecule has 122 valence electrons. The minimum atomic E-state index is -4.47. The molecule has 6 nitrogen and oxygen atoms in total. The molecule has 0 aliphatic heterocycles. The number of allylic oxidation sites excluding steroid dienone is 3. The van der Waals surface area contributed by atoms with Crippen molar-refractivity contribution in [2.45, 2.75) is 12.6 Å². The molecule has 0 spiro atoms. The molecule has 3 N–H and O–H groups in total. The number of nitrogens with two attached hydrogens (primary N) is 1. The number of aromatic nitrogens is 2. The maximum absolute atomic E-state index is 12.9. The van der Waals surface area contributed by atoms with Gasteiger partial charge in [-0.25, -0.2) is 4.98 Å². The fourth-order valence-corrected chi connectivity index (χ4v) is 2.41. The Balaban J connectivity index is 2.07. The number of rotatable bonds is 2. The van der Waals surface area contributed by atoms with E-state index in [1.54, 1.807) is 0 Å². The summed E-state index contributed by atoms with van der Waals surface area (Å²) in [5, 5.41) is 10.1. The third-order valence-electron chi connectivity index (χ3n) is 3.47. The third-order valence-corrected chi connectivity index (χ3v) is 3.47. The number of alkyl halides is 3. The lowest BCUT2D eigenvalue weighted by Gasteiger charge is -2.24. The third kappa shape index (κ3) is 2.69. The van der Waals surface area contributed by atoms with Crippen LogP contribution in [-0.2, 0) is 4.74 Å². The van der Waals surface area contributed by atoms with Crippen LogP contribution in [0.15, 0.2) is 34.1 Å². The average Bonchev–Trinajstić information content (AvgIpc) is 2.84. The Morgan fingerprint density at radius 2 is 2.09 bits per heavy atom. The second-order valence-corrected chi connectivity index (χ2v) is 4.98. The van der Waals surface area contributed by atoms with Gasteiger partial charge in [-0.05, 0) is 18.2 Å². The number of oxazole rings is 1. The number of methoxy groups -OCH3 is 1. The van der Waals surface area contributed by atoms with E-state index in [-0.39, 0.29) is 28.7 Å². The molecule has 3 rings (SSSR count). The van der Waals surface area contributed by atoms with E-state index in [0.29, 0.717) is 5.58 Å². The van der Waals surface area contributed by atoms with Crippen LogP contribution in [0.3, 0.4) is 0 Å². The molecule has 0 saturated carbocycles. The smallest absolute Gasteiger partial charge is 0.395 e. The van der Waals surface area contributed by atoms with Crippen LogP contribution in [0.2, 0.25) is 0 Å². The Bertz CT molecular complexity index is 824. The molecule has 0 saturated heterocycles. The zero-order chi connectivity index (χ0) is 16.8. The first-order chi connectivity index (χ1) is 10.8. The van der Waals surface area contributed by atoms with E-state index in [0.717, 1.165) is 6.08 Å². The number of aliphatic hydroxyl groups excluding tert-OH is 1. The highest BCUT2D eigenvalue weighted by molar-refractivity contribution is 5.81. The Kier molecular flexibility index (Phi) is 3.42. The molecule has 1 aliphatic rings. The van der Waals surface area contributed by atoms with Crippen LogP contribution in [0.4, 0.5) is 19.2 Å². The summed E-state index contributed by atoms with van der Waals surface area (Å²) in [7, 11) is 1.23. The summed E-state index contributed by atoms with van der Waals surface area (Å²) < 4.78 is 48.7. The van der Waals surface area contributed by atoms with E-state index in [4.69, 9.17) is 14.9 Å². The van der Waals surface area contributed by atoms with Gasteiger partial charge in [0.15, 0.2) is 5.58 Å². The monoisotopic (exact) mass is 327 g/mol. The molecule has 9 heteroatoms. The van der Waals surface area contributed by atoms with Gasteiger partial charge in [0.05, 0.1) is 24.3 Å². The molecule has 1 atom stereocenters. The van der Waals surface area contributed by atoms with E-state index in [9.17, 15) is 18.3 Å². The number of nitrogen functional groups attached to an aromatic ring is 1. The minimum Gasteiger partial charge on any atom is -0.511 e. The molecule has 0 radical (unpaired) electrons. The number of hydrogen-bond acceptors (Lipinski definition) is 6. The summed E-state index contributed by atoms with van der Waals surface area (Å²) in [5.74, 6) is -2.36. The Morgan fingerprint density at radius 3 is 2.74 bits per heavy atom. The number of aliphatic hydroxyl groups is 1. The SMILES string of the molecule is COC1=CC(C(F)(F)F)CC(O)=C1c1ccc2oc(N)nc2n1. The fourth-order valence-electron chi connectivity index (χ4n) is 2.41. The predicted molar refractivity (Wildman–Crippen MR) is 75.0 cm³/mol. The molecule has 0 bridgehead atoms. The topological polar surface area (TPSA) is 94.4 Å². The van der Waals surface area contributed by atoms with Crippen molar-refractivity contribution in [2.24, 2.45) is 5.92 Å². The van der Waals surface area contributed by atoms with Crippen LogP contribution in [0.25, 0.3) is 16.8 Å². The molecule has 0 amide bonds. The zero-order valence-electron chi connectivity index (χ0n) is 11.9. The van der Waals surface area contributed by atoms with Gasteiger partial charge in [0, 0.05) is 6.42 Å². The van der Waals surface area contributed by atoms with Gasteiger partial charge in [0.25, 0.3) is 6.01 Å². The largest absolute Gasteiger partial charge is 0.511 e. The average molecular weight is 327 g/mol. The van der Waals surface area contributed by atoms with E-state index >= 15 is 0 Å². The first-order valence-electron chi connectivity index (χ1n) is 6.58. The molecule has 2 aromatic rings. The maximum atomic E-state index is 12.9. The fraction of sp³-hybridized carbons (Fsp3) is 0.286. The summed E-state index contributed by atoms with van der Waals surface area (Å²) in [4.78, 5) is 8.00. The van der Waals surface area contributed by atoms with Gasteiger partial charge in [0.2, 0.25) is 5.65 Å². The van der Waals surface area contributed by atoms with Crippen LogP contribution in [0, 0.1) is 5.92 Å². The van der Waals surface area contributed by atoms with Gasteiger partial charge in [-0.3, -0.25) is 0 Å². The summed E-state index contributed by atoms with van der Waals surface area (Å²) in [6.45, 7) is 0. The van der Waals surface area contributed by atoms with Gasteiger partial charge in [-0.1, -0.05) is 0 Å². The molecular weight excluding hydrogens is 315 g/mol. The van der Waals surface area contributed by atoms with E-state index in [1.165, 1.54) is 19.2 Å². The number of fused-ring (bicyclic) bond motifs is 1. The minimum absolute atomic E-state index is 0.0776. The summed E-state index contributed by atoms with van der Waals surface area (Å²) in [6.07, 6.45) is -4.12. The number of pyridine rings is 1. The molecular formula is C14H12F3N3O3. The second-order valence-electron chi connectivity index (χ2n) is 4.98. The van der Waals surface area contributed by atoms with Gasteiger partial charge in [-0.15, -0.1) is 0 Å². The summed E-state index contributed by atoms with van der Waals surface area (Å²) >= 11 is 0. The Labute approximate surface area is 128 Å². The van der Waals surface area contributed by atoms with Crippen LogP contribution in [0.1, 0.15) is 12.1 Å². The molecule has 2 aromatic heterocycles. The highest BCUT2D eigenvalue weighted by Gasteiger charge is 2.42. The quantitative estimate of drug-likeness (QED) is 0.880. The van der Waals surface area contributed by atoms with Gasteiger partial charge < -0.3 is 20.0 Å². The van der Waals surface area contributed by atoms with Crippen molar-refractivity contribution < 1.29 is 27.4 Å². The maximum Gasteiger partial charge on any atom is 0.395 e. The lowest BCUT2D eigenvalue weighted by Crippen LogP contribution is -2.25. The molecule has 23 heavy (non-hydrogen) atoms.